The molecule has 1 atom stereocenters. The molecule has 0 bridgehead atoms. The Morgan fingerprint density at radius 2 is 2.00 bits per heavy atom. The summed E-state index contributed by atoms with van der Waals surface area (Å²) >= 11 is 1.67. The van der Waals surface area contributed by atoms with E-state index in [0.29, 0.717) is 13.0 Å². The molecule has 0 saturated carbocycles. The third-order valence-corrected chi connectivity index (χ3v) is 3.97. The molecule has 0 fully saturated rings. The fourth-order valence-electron chi connectivity index (χ4n) is 2.23. The number of nitrogens with one attached hydrogen (secondary N) is 1. The monoisotopic (exact) mass is 289 g/mol. The van der Waals surface area contributed by atoms with E-state index in [1.54, 1.807) is 11.8 Å². The van der Waals surface area contributed by atoms with Crippen LogP contribution in [-0.2, 0) is 11.3 Å². The van der Waals surface area contributed by atoms with Crippen molar-refractivity contribution < 1.29 is 9.90 Å². The first-order valence-electron chi connectivity index (χ1n) is 6.64. The number of hydrogen-bond donors (Lipinski definition) is 2. The Morgan fingerprint density at radius 1 is 1.25 bits per heavy atom. The predicted octanol–water partition coefficient (Wildman–Crippen LogP) is 3.14. The molecule has 0 heterocycles. The second-order valence-corrected chi connectivity index (χ2v) is 5.68. The second-order valence-electron chi connectivity index (χ2n) is 4.69. The van der Waals surface area contributed by atoms with Crippen molar-refractivity contribution in [2.75, 3.05) is 12.0 Å². The van der Waals surface area contributed by atoms with Crippen LogP contribution >= 0.6 is 11.8 Å². The Hall–Kier alpha value is -1.52. The first-order chi connectivity index (χ1) is 9.72. The maximum Gasteiger partial charge on any atom is 0.320 e. The first kappa shape index (κ1) is 14.9. The van der Waals surface area contributed by atoms with Crippen molar-refractivity contribution >= 4 is 28.5 Å². The molecule has 2 N–H and O–H groups in total. The Kier molecular flexibility index (Phi) is 5.44. The molecule has 2 aromatic rings. The lowest BCUT2D eigenvalue weighted by Crippen LogP contribution is -2.36. The average molecular weight is 289 g/mol. The summed E-state index contributed by atoms with van der Waals surface area (Å²) in [6, 6.07) is 13.8. The van der Waals surface area contributed by atoms with E-state index in [1.165, 1.54) is 10.8 Å². The van der Waals surface area contributed by atoms with Gasteiger partial charge in [0, 0.05) is 6.54 Å². The zero-order chi connectivity index (χ0) is 14.4. The van der Waals surface area contributed by atoms with Crippen LogP contribution in [0.4, 0.5) is 0 Å². The molecule has 0 saturated heterocycles. The van der Waals surface area contributed by atoms with E-state index >= 15 is 0 Å². The molecule has 2 rings (SSSR count). The molecule has 4 heteroatoms. The maximum atomic E-state index is 11.2. The maximum absolute atomic E-state index is 11.2. The van der Waals surface area contributed by atoms with Crippen molar-refractivity contribution in [3.8, 4) is 0 Å². The third kappa shape index (κ3) is 3.74. The Balaban J connectivity index is 2.09. The van der Waals surface area contributed by atoms with Gasteiger partial charge >= 0.3 is 5.97 Å². The quantitative estimate of drug-likeness (QED) is 0.822. The van der Waals surface area contributed by atoms with Gasteiger partial charge in [0.05, 0.1) is 0 Å². The average Bonchev–Trinajstić information content (AvgIpc) is 2.47. The molecule has 0 spiro atoms. The smallest absolute Gasteiger partial charge is 0.320 e. The molecule has 20 heavy (non-hydrogen) atoms. The normalized spacial score (nSPS) is 12.4. The van der Waals surface area contributed by atoms with Gasteiger partial charge in [0.2, 0.25) is 0 Å². The van der Waals surface area contributed by atoms with Gasteiger partial charge in [-0.3, -0.25) is 4.79 Å². The van der Waals surface area contributed by atoms with Crippen molar-refractivity contribution in [3.63, 3.8) is 0 Å². The van der Waals surface area contributed by atoms with E-state index in [9.17, 15) is 9.90 Å². The zero-order valence-electron chi connectivity index (χ0n) is 11.5. The fraction of sp³-hybridized carbons (Fsp3) is 0.312. The van der Waals surface area contributed by atoms with Gasteiger partial charge < -0.3 is 10.4 Å². The number of benzene rings is 2. The molecule has 0 aromatic heterocycles. The molecule has 0 amide bonds. The SMILES string of the molecule is CSCC[C@H](NCc1cccc2ccccc12)C(=O)O. The standard InChI is InChI=1S/C16H19NO2S/c1-20-10-9-15(16(18)19)17-11-13-7-4-6-12-5-2-3-8-14(12)13/h2-8,15,17H,9-11H2,1H3,(H,18,19)/t15-/m0/s1. The number of carboxylic acid groups (broad SMARTS) is 1. The van der Waals surface area contributed by atoms with E-state index in [-0.39, 0.29) is 0 Å². The molecule has 106 valence electrons. The Morgan fingerprint density at radius 3 is 2.75 bits per heavy atom. The van der Waals surface area contributed by atoms with E-state index in [0.717, 1.165) is 11.3 Å². The molecular weight excluding hydrogens is 270 g/mol. The predicted molar refractivity (Wildman–Crippen MR) is 85.2 cm³/mol. The summed E-state index contributed by atoms with van der Waals surface area (Å²) in [6.07, 6.45) is 2.63. The minimum Gasteiger partial charge on any atom is -0.480 e. The summed E-state index contributed by atoms with van der Waals surface area (Å²) in [6.45, 7) is 0.576. The van der Waals surface area contributed by atoms with Crippen LogP contribution in [0, 0.1) is 0 Å². The van der Waals surface area contributed by atoms with Crippen molar-refractivity contribution in [2.45, 2.75) is 19.0 Å². The molecule has 3 nitrogen and oxygen atoms in total. The van der Waals surface area contributed by atoms with Crippen LogP contribution in [0.2, 0.25) is 0 Å². The lowest BCUT2D eigenvalue weighted by Gasteiger charge is -2.15. The molecule has 0 aliphatic rings. The third-order valence-electron chi connectivity index (χ3n) is 3.33. The molecular formula is C16H19NO2S. The largest absolute Gasteiger partial charge is 0.480 e. The number of carbonyl (C=O) groups is 1. The van der Waals surface area contributed by atoms with Crippen molar-refractivity contribution in [2.24, 2.45) is 0 Å². The van der Waals surface area contributed by atoms with Crippen LogP contribution in [0.15, 0.2) is 42.5 Å². The topological polar surface area (TPSA) is 49.3 Å². The highest BCUT2D eigenvalue weighted by Crippen LogP contribution is 2.18. The van der Waals surface area contributed by atoms with Gasteiger partial charge in [0.25, 0.3) is 0 Å². The van der Waals surface area contributed by atoms with Crippen LogP contribution in [0.3, 0.4) is 0 Å². The van der Waals surface area contributed by atoms with Crippen LogP contribution < -0.4 is 5.32 Å². The van der Waals surface area contributed by atoms with Crippen molar-refractivity contribution in [1.82, 2.24) is 5.32 Å². The van der Waals surface area contributed by atoms with E-state index in [2.05, 4.69) is 23.5 Å². The number of fused-ring (bicyclic) bond motifs is 1. The van der Waals surface area contributed by atoms with Crippen LogP contribution in [0.25, 0.3) is 10.8 Å². The highest BCUT2D eigenvalue weighted by Gasteiger charge is 2.16. The molecule has 2 aromatic carbocycles. The summed E-state index contributed by atoms with van der Waals surface area (Å²) in [4.78, 5) is 11.2. The van der Waals surface area contributed by atoms with Gasteiger partial charge in [-0.25, -0.2) is 0 Å². The second kappa shape index (κ2) is 7.31. The lowest BCUT2D eigenvalue weighted by molar-refractivity contribution is -0.139. The van der Waals surface area contributed by atoms with Crippen LogP contribution in [0.1, 0.15) is 12.0 Å². The van der Waals surface area contributed by atoms with Crippen LogP contribution in [0.5, 0.6) is 0 Å². The fourth-order valence-corrected chi connectivity index (χ4v) is 2.70. The molecule has 0 aliphatic heterocycles. The summed E-state index contributed by atoms with van der Waals surface area (Å²) in [7, 11) is 0. The number of hydrogen-bond acceptors (Lipinski definition) is 3. The summed E-state index contributed by atoms with van der Waals surface area (Å²) in [5.74, 6) is 0.0683. The molecule has 0 aliphatic carbocycles. The van der Waals surface area contributed by atoms with Gasteiger partial charge in [-0.2, -0.15) is 11.8 Å². The summed E-state index contributed by atoms with van der Waals surface area (Å²) in [5.41, 5.74) is 1.14. The Labute approximate surface area is 123 Å². The van der Waals surface area contributed by atoms with Gasteiger partial charge in [0.1, 0.15) is 6.04 Å². The summed E-state index contributed by atoms with van der Waals surface area (Å²) in [5, 5.41) is 14.7. The summed E-state index contributed by atoms with van der Waals surface area (Å²) < 4.78 is 0. The number of aliphatic carboxylic acids is 1. The van der Waals surface area contributed by atoms with Gasteiger partial charge in [0.15, 0.2) is 0 Å². The number of carboxylic acids is 1. The van der Waals surface area contributed by atoms with E-state index < -0.39 is 12.0 Å². The minimum atomic E-state index is -0.778. The lowest BCUT2D eigenvalue weighted by atomic mass is 10.0. The van der Waals surface area contributed by atoms with Gasteiger partial charge in [-0.05, 0) is 34.8 Å². The first-order valence-corrected chi connectivity index (χ1v) is 8.03. The van der Waals surface area contributed by atoms with Crippen molar-refractivity contribution in [3.05, 3.63) is 48.0 Å². The zero-order valence-corrected chi connectivity index (χ0v) is 12.3. The highest BCUT2D eigenvalue weighted by atomic mass is 32.2. The van der Waals surface area contributed by atoms with Crippen molar-refractivity contribution in [1.29, 1.82) is 0 Å². The number of thioether (sulfide) groups is 1. The van der Waals surface area contributed by atoms with Crippen LogP contribution in [-0.4, -0.2) is 29.1 Å². The molecule has 0 unspecified atom stereocenters. The van der Waals surface area contributed by atoms with Gasteiger partial charge in [-0.15, -0.1) is 0 Å². The highest BCUT2D eigenvalue weighted by molar-refractivity contribution is 7.98. The van der Waals surface area contributed by atoms with Gasteiger partial charge in [-0.1, -0.05) is 42.5 Å². The Bertz CT molecular complexity index is 580. The molecule has 0 radical (unpaired) electrons. The number of rotatable bonds is 7. The van der Waals surface area contributed by atoms with E-state index in [4.69, 9.17) is 0 Å². The minimum absolute atomic E-state index is 0.485. The van der Waals surface area contributed by atoms with E-state index in [1.807, 2.05) is 30.5 Å².